The minimum absolute atomic E-state index is 0.249. The fourth-order valence-corrected chi connectivity index (χ4v) is 4.33. The molecule has 4 rings (SSSR count). The molecule has 0 radical (unpaired) electrons. The van der Waals surface area contributed by atoms with E-state index in [2.05, 4.69) is 28.6 Å². The number of fused-ring (bicyclic) bond motifs is 1. The Labute approximate surface area is 156 Å². The number of halogens is 1. The molecule has 4 nitrogen and oxygen atoms in total. The first-order chi connectivity index (χ1) is 12.5. The summed E-state index contributed by atoms with van der Waals surface area (Å²) in [4.78, 5) is 13.2. The summed E-state index contributed by atoms with van der Waals surface area (Å²) in [6, 6.07) is 8.80. The maximum Gasteiger partial charge on any atom is 0.228 e. The number of hydrogen-bond acceptors (Lipinski definition) is 5. The zero-order valence-corrected chi connectivity index (χ0v) is 15.9. The molecule has 0 fully saturated rings. The number of aromatic nitrogens is 2. The average Bonchev–Trinajstić information content (AvgIpc) is 3.11. The first-order valence-electron chi connectivity index (χ1n) is 8.73. The predicted molar refractivity (Wildman–Crippen MR) is 105 cm³/mol. The van der Waals surface area contributed by atoms with Gasteiger partial charge in [-0.25, -0.2) is 9.37 Å². The molecule has 134 valence electrons. The number of hydrogen-bond donors (Lipinski definition) is 1. The summed E-state index contributed by atoms with van der Waals surface area (Å²) >= 11 is 1.80. The molecule has 2 aromatic heterocycles. The molecule has 3 aromatic rings. The fraction of sp³-hybridized carbons (Fsp3) is 0.300. The summed E-state index contributed by atoms with van der Waals surface area (Å²) < 4.78 is 13.2. The molecule has 1 aromatic carbocycles. The Balaban J connectivity index is 1.67. The molecule has 26 heavy (non-hydrogen) atoms. The van der Waals surface area contributed by atoms with Crippen molar-refractivity contribution < 1.29 is 4.39 Å². The van der Waals surface area contributed by atoms with Crippen LogP contribution in [0.15, 0.2) is 35.7 Å². The lowest BCUT2D eigenvalue weighted by molar-refractivity contribution is 0.619. The van der Waals surface area contributed by atoms with Crippen molar-refractivity contribution in [3.05, 3.63) is 63.2 Å². The highest BCUT2D eigenvalue weighted by molar-refractivity contribution is 7.10. The van der Waals surface area contributed by atoms with Gasteiger partial charge in [0.2, 0.25) is 5.95 Å². The number of rotatable bonds is 3. The monoisotopic (exact) mass is 368 g/mol. The molecule has 1 N–H and O–H groups in total. The van der Waals surface area contributed by atoms with Crippen LogP contribution in [0.4, 0.5) is 21.8 Å². The van der Waals surface area contributed by atoms with E-state index < -0.39 is 0 Å². The molecule has 0 saturated heterocycles. The molecule has 3 heterocycles. The van der Waals surface area contributed by atoms with Crippen molar-refractivity contribution in [3.8, 4) is 0 Å². The van der Waals surface area contributed by atoms with Gasteiger partial charge in [0.15, 0.2) is 0 Å². The molecule has 1 atom stereocenters. The molecule has 0 spiro atoms. The lowest BCUT2D eigenvalue weighted by atomic mass is 10.0. The maximum atomic E-state index is 13.2. The molecule has 0 aliphatic carbocycles. The lowest BCUT2D eigenvalue weighted by Crippen LogP contribution is -2.34. The number of anilines is 3. The molecule has 1 unspecified atom stereocenters. The van der Waals surface area contributed by atoms with Gasteiger partial charge in [-0.2, -0.15) is 4.98 Å². The molecule has 1 aliphatic heterocycles. The standard InChI is InChI=1S/C20H21FN4S/c1-12-13(2)22-20(24-19(12)23-17-6-4-16(21)5-7-17)25-10-8-15-9-11-26-18(15)14(25)3/h4-7,9,11,14H,8,10H2,1-3H3,(H,22,23,24). The van der Waals surface area contributed by atoms with E-state index in [-0.39, 0.29) is 11.9 Å². The van der Waals surface area contributed by atoms with Crippen molar-refractivity contribution in [1.29, 1.82) is 0 Å². The van der Waals surface area contributed by atoms with Gasteiger partial charge in [-0.05, 0) is 68.5 Å². The van der Waals surface area contributed by atoms with Gasteiger partial charge in [0.05, 0.1) is 6.04 Å². The van der Waals surface area contributed by atoms with Crippen molar-refractivity contribution in [2.75, 3.05) is 16.8 Å². The van der Waals surface area contributed by atoms with Crippen molar-refractivity contribution in [2.24, 2.45) is 0 Å². The second-order valence-corrected chi connectivity index (χ2v) is 7.59. The van der Waals surface area contributed by atoms with Gasteiger partial charge in [-0.3, -0.25) is 0 Å². The zero-order valence-electron chi connectivity index (χ0n) is 15.1. The third-order valence-electron chi connectivity index (χ3n) is 4.99. The second-order valence-electron chi connectivity index (χ2n) is 6.64. The Morgan fingerprint density at radius 3 is 2.69 bits per heavy atom. The predicted octanol–water partition coefficient (Wildman–Crippen LogP) is 5.16. The van der Waals surface area contributed by atoms with E-state index in [1.54, 1.807) is 23.5 Å². The highest BCUT2D eigenvalue weighted by Crippen LogP contribution is 2.36. The molecule has 0 bridgehead atoms. The van der Waals surface area contributed by atoms with Gasteiger partial charge in [0.25, 0.3) is 0 Å². The minimum Gasteiger partial charge on any atom is -0.340 e. The van der Waals surface area contributed by atoms with E-state index in [0.29, 0.717) is 0 Å². The van der Waals surface area contributed by atoms with Gasteiger partial charge in [0, 0.05) is 28.4 Å². The van der Waals surface area contributed by atoms with Crippen LogP contribution in [-0.4, -0.2) is 16.5 Å². The molecular weight excluding hydrogens is 347 g/mol. The number of thiophene rings is 1. The number of nitrogens with zero attached hydrogens (tertiary/aromatic N) is 3. The van der Waals surface area contributed by atoms with Crippen molar-refractivity contribution in [2.45, 2.75) is 33.2 Å². The average molecular weight is 368 g/mol. The first-order valence-corrected chi connectivity index (χ1v) is 9.61. The smallest absolute Gasteiger partial charge is 0.228 e. The molecule has 0 amide bonds. The topological polar surface area (TPSA) is 41.1 Å². The molecular formula is C20H21FN4S. The van der Waals surface area contributed by atoms with Crippen LogP contribution in [0.5, 0.6) is 0 Å². The Bertz CT molecular complexity index is 935. The summed E-state index contributed by atoms with van der Waals surface area (Å²) in [5.74, 6) is 1.26. The number of nitrogens with one attached hydrogen (secondary N) is 1. The van der Waals surface area contributed by atoms with Crippen LogP contribution in [0.1, 0.15) is 34.7 Å². The first kappa shape index (κ1) is 17.0. The van der Waals surface area contributed by atoms with E-state index >= 15 is 0 Å². The summed E-state index contributed by atoms with van der Waals surface area (Å²) in [5, 5.41) is 5.47. The highest BCUT2D eigenvalue weighted by atomic mass is 32.1. The van der Waals surface area contributed by atoms with Crippen molar-refractivity contribution in [3.63, 3.8) is 0 Å². The Kier molecular flexibility index (Phi) is 4.36. The van der Waals surface area contributed by atoms with Crippen molar-refractivity contribution in [1.82, 2.24) is 9.97 Å². The zero-order chi connectivity index (χ0) is 18.3. The normalized spacial score (nSPS) is 16.5. The largest absolute Gasteiger partial charge is 0.340 e. The quantitative estimate of drug-likeness (QED) is 0.693. The summed E-state index contributed by atoms with van der Waals surface area (Å²) in [6.07, 6.45) is 1.01. The van der Waals surface area contributed by atoms with Crippen LogP contribution in [0, 0.1) is 19.7 Å². The van der Waals surface area contributed by atoms with E-state index in [0.717, 1.165) is 41.7 Å². The van der Waals surface area contributed by atoms with E-state index in [1.165, 1.54) is 22.6 Å². The van der Waals surface area contributed by atoms with Crippen LogP contribution in [0.3, 0.4) is 0 Å². The highest BCUT2D eigenvalue weighted by Gasteiger charge is 2.27. The lowest BCUT2D eigenvalue weighted by Gasteiger charge is -2.34. The van der Waals surface area contributed by atoms with Crippen molar-refractivity contribution >= 4 is 28.8 Å². The van der Waals surface area contributed by atoms with Crippen LogP contribution in [0.25, 0.3) is 0 Å². The number of aryl methyl sites for hydroxylation is 1. The fourth-order valence-electron chi connectivity index (χ4n) is 3.30. The third-order valence-corrected chi connectivity index (χ3v) is 6.12. The minimum atomic E-state index is -0.249. The van der Waals surface area contributed by atoms with Gasteiger partial charge >= 0.3 is 0 Å². The summed E-state index contributed by atoms with van der Waals surface area (Å²) in [7, 11) is 0. The third kappa shape index (κ3) is 3.05. The molecule has 1 aliphatic rings. The number of benzene rings is 1. The molecule has 0 saturated carbocycles. The van der Waals surface area contributed by atoms with E-state index in [4.69, 9.17) is 9.97 Å². The van der Waals surface area contributed by atoms with Crippen LogP contribution >= 0.6 is 11.3 Å². The van der Waals surface area contributed by atoms with Crippen LogP contribution in [0.2, 0.25) is 0 Å². The van der Waals surface area contributed by atoms with E-state index in [1.807, 2.05) is 13.8 Å². The second kappa shape index (κ2) is 6.68. The Morgan fingerprint density at radius 1 is 1.15 bits per heavy atom. The summed E-state index contributed by atoms with van der Waals surface area (Å²) in [5.41, 5.74) is 4.20. The van der Waals surface area contributed by atoms with Gasteiger partial charge in [-0.15, -0.1) is 11.3 Å². The van der Waals surface area contributed by atoms with Gasteiger partial charge in [0.1, 0.15) is 11.6 Å². The Hall–Kier alpha value is -2.47. The van der Waals surface area contributed by atoms with E-state index in [9.17, 15) is 4.39 Å². The Morgan fingerprint density at radius 2 is 1.92 bits per heavy atom. The van der Waals surface area contributed by atoms with Crippen LogP contribution < -0.4 is 10.2 Å². The maximum absolute atomic E-state index is 13.2. The SMILES string of the molecule is Cc1nc(N2CCc3ccsc3C2C)nc(Nc2ccc(F)cc2)c1C. The van der Waals surface area contributed by atoms with Gasteiger partial charge < -0.3 is 10.2 Å². The van der Waals surface area contributed by atoms with Gasteiger partial charge in [-0.1, -0.05) is 0 Å². The van der Waals surface area contributed by atoms with Crippen LogP contribution in [-0.2, 0) is 6.42 Å². The molecule has 6 heteroatoms. The summed E-state index contributed by atoms with van der Waals surface area (Å²) in [6.45, 7) is 7.12.